The normalized spacial score (nSPS) is 15.5. The van der Waals surface area contributed by atoms with Gasteiger partial charge in [0.05, 0.1) is 16.7 Å². The van der Waals surface area contributed by atoms with E-state index in [-0.39, 0.29) is 23.9 Å². The number of aromatic nitrogens is 1. The molecule has 1 saturated heterocycles. The molecule has 4 rings (SSSR count). The van der Waals surface area contributed by atoms with Crippen molar-refractivity contribution in [2.45, 2.75) is 39.3 Å². The number of piperidine rings is 1. The lowest BCUT2D eigenvalue weighted by Crippen LogP contribution is -2.40. The van der Waals surface area contributed by atoms with Gasteiger partial charge in [0.15, 0.2) is 0 Å². The Labute approximate surface area is 204 Å². The van der Waals surface area contributed by atoms with Crippen LogP contribution in [0.3, 0.4) is 0 Å². The van der Waals surface area contributed by atoms with Gasteiger partial charge in [0.1, 0.15) is 0 Å². The number of benzene rings is 2. The molecule has 0 spiro atoms. The molecule has 2 aromatic carbocycles. The molecule has 3 N–H and O–H groups in total. The van der Waals surface area contributed by atoms with Gasteiger partial charge in [0.25, 0.3) is 0 Å². The number of anilines is 2. The molecule has 34 heavy (non-hydrogen) atoms. The number of hydrogen-bond donors (Lipinski definition) is 3. The van der Waals surface area contributed by atoms with Crippen molar-refractivity contribution in [2.75, 3.05) is 23.7 Å². The second kappa shape index (κ2) is 11.3. The van der Waals surface area contributed by atoms with Crippen molar-refractivity contribution in [1.29, 1.82) is 0 Å². The first-order valence-corrected chi connectivity index (χ1v) is 12.5. The van der Waals surface area contributed by atoms with E-state index in [9.17, 15) is 9.59 Å². The maximum atomic E-state index is 12.8. The van der Waals surface area contributed by atoms with Crippen molar-refractivity contribution >= 4 is 34.6 Å². The van der Waals surface area contributed by atoms with Crippen LogP contribution in [-0.2, 0) is 11.3 Å². The van der Waals surface area contributed by atoms with Crippen molar-refractivity contribution in [2.24, 2.45) is 5.92 Å². The second-order valence-electron chi connectivity index (χ2n) is 8.71. The molecule has 3 aromatic rings. The number of hydrogen-bond acceptors (Lipinski definition) is 5. The van der Waals surface area contributed by atoms with E-state index in [0.29, 0.717) is 5.69 Å². The molecule has 0 saturated carbocycles. The Balaban J connectivity index is 1.22. The van der Waals surface area contributed by atoms with E-state index >= 15 is 0 Å². The SMILES string of the molecule is Cc1nc(CN2CCC(C(=O)NC(C)c3ccc(NC(=O)Nc4ccccc4)cc3)CC2)cs1. The van der Waals surface area contributed by atoms with Crippen LogP contribution in [0.15, 0.2) is 60.0 Å². The van der Waals surface area contributed by atoms with Crippen molar-refractivity contribution in [3.63, 3.8) is 0 Å². The number of rotatable bonds is 7. The summed E-state index contributed by atoms with van der Waals surface area (Å²) in [4.78, 5) is 31.9. The summed E-state index contributed by atoms with van der Waals surface area (Å²) in [6.45, 7) is 6.70. The first-order valence-electron chi connectivity index (χ1n) is 11.6. The largest absolute Gasteiger partial charge is 0.349 e. The fraction of sp³-hybridized carbons (Fsp3) is 0.346. The Morgan fingerprint density at radius 2 is 1.68 bits per heavy atom. The summed E-state index contributed by atoms with van der Waals surface area (Å²) in [5.41, 5.74) is 3.55. The summed E-state index contributed by atoms with van der Waals surface area (Å²) < 4.78 is 0. The summed E-state index contributed by atoms with van der Waals surface area (Å²) in [6, 6.07) is 16.5. The molecule has 3 amide bonds. The van der Waals surface area contributed by atoms with Crippen LogP contribution >= 0.6 is 11.3 Å². The second-order valence-corrected chi connectivity index (χ2v) is 9.77. The van der Waals surface area contributed by atoms with Gasteiger partial charge >= 0.3 is 6.03 Å². The van der Waals surface area contributed by atoms with Gasteiger partial charge in [-0.3, -0.25) is 9.69 Å². The minimum absolute atomic E-state index is 0.0403. The zero-order valence-electron chi connectivity index (χ0n) is 19.6. The minimum Gasteiger partial charge on any atom is -0.349 e. The Kier molecular flexibility index (Phi) is 7.92. The standard InChI is InChI=1S/C26H31N5O2S/c1-18(20-8-10-23(11-9-20)30-26(33)29-22-6-4-3-5-7-22)27-25(32)21-12-14-31(15-13-21)16-24-17-34-19(2)28-24/h3-11,17-18,21H,12-16H2,1-2H3,(H,27,32)(H2,29,30,33). The predicted octanol–water partition coefficient (Wildman–Crippen LogP) is 5.18. The molecule has 1 aliphatic rings. The van der Waals surface area contributed by atoms with Crippen molar-refractivity contribution in [1.82, 2.24) is 15.2 Å². The molecule has 1 aromatic heterocycles. The third kappa shape index (κ3) is 6.65. The molecule has 178 valence electrons. The molecule has 2 heterocycles. The number of carbonyl (C=O) groups excluding carboxylic acids is 2. The Morgan fingerprint density at radius 1 is 1.03 bits per heavy atom. The summed E-state index contributed by atoms with van der Waals surface area (Å²) in [5, 5.41) is 12.0. The number of amides is 3. The van der Waals surface area contributed by atoms with Gasteiger partial charge in [-0.25, -0.2) is 9.78 Å². The number of carbonyl (C=O) groups is 2. The van der Waals surface area contributed by atoms with Gasteiger partial charge < -0.3 is 16.0 Å². The number of para-hydroxylation sites is 1. The van der Waals surface area contributed by atoms with Crippen LogP contribution < -0.4 is 16.0 Å². The smallest absolute Gasteiger partial charge is 0.323 e. The summed E-state index contributed by atoms with van der Waals surface area (Å²) >= 11 is 1.68. The Morgan fingerprint density at radius 3 is 2.29 bits per heavy atom. The molecule has 0 radical (unpaired) electrons. The third-order valence-electron chi connectivity index (χ3n) is 6.07. The molecular weight excluding hydrogens is 446 g/mol. The number of likely N-dealkylation sites (tertiary alicyclic amines) is 1. The average Bonchev–Trinajstić information content (AvgIpc) is 3.25. The molecule has 8 heteroatoms. The highest BCUT2D eigenvalue weighted by Crippen LogP contribution is 2.22. The van der Waals surface area contributed by atoms with Crippen LogP contribution in [0.25, 0.3) is 0 Å². The Bertz CT molecular complexity index is 1090. The first-order chi connectivity index (χ1) is 16.5. The zero-order valence-corrected chi connectivity index (χ0v) is 20.4. The lowest BCUT2D eigenvalue weighted by Gasteiger charge is -2.31. The number of nitrogens with zero attached hydrogens (tertiary/aromatic N) is 2. The van der Waals surface area contributed by atoms with E-state index in [1.807, 2.05) is 68.4 Å². The van der Waals surface area contributed by atoms with Gasteiger partial charge in [-0.05, 0) is 69.6 Å². The predicted molar refractivity (Wildman–Crippen MR) is 137 cm³/mol. The third-order valence-corrected chi connectivity index (χ3v) is 6.89. The topological polar surface area (TPSA) is 86.4 Å². The molecule has 7 nitrogen and oxygen atoms in total. The zero-order chi connectivity index (χ0) is 23.9. The molecule has 0 aliphatic carbocycles. The van der Waals surface area contributed by atoms with Gasteiger partial charge in [0, 0.05) is 29.2 Å². The first kappa shape index (κ1) is 23.9. The maximum Gasteiger partial charge on any atom is 0.323 e. The van der Waals surface area contributed by atoms with E-state index in [1.54, 1.807) is 11.3 Å². The molecule has 1 atom stereocenters. The number of aryl methyl sites for hydroxylation is 1. The van der Waals surface area contributed by atoms with Crippen molar-refractivity contribution in [3.8, 4) is 0 Å². The van der Waals surface area contributed by atoms with E-state index in [1.165, 1.54) is 0 Å². The van der Waals surface area contributed by atoms with Crippen molar-refractivity contribution in [3.05, 3.63) is 76.2 Å². The summed E-state index contributed by atoms with van der Waals surface area (Å²) in [7, 11) is 0. The highest BCUT2D eigenvalue weighted by Gasteiger charge is 2.26. The fourth-order valence-electron chi connectivity index (χ4n) is 4.15. The van der Waals surface area contributed by atoms with Crippen LogP contribution in [0.1, 0.15) is 42.1 Å². The van der Waals surface area contributed by atoms with Crippen LogP contribution in [0.5, 0.6) is 0 Å². The maximum absolute atomic E-state index is 12.8. The van der Waals surface area contributed by atoms with Gasteiger partial charge in [0.2, 0.25) is 5.91 Å². The van der Waals surface area contributed by atoms with E-state index in [0.717, 1.165) is 54.4 Å². The summed E-state index contributed by atoms with van der Waals surface area (Å²) in [5.74, 6) is 0.152. The van der Waals surface area contributed by atoms with Gasteiger partial charge in [-0.2, -0.15) is 0 Å². The van der Waals surface area contributed by atoms with E-state index in [4.69, 9.17) is 0 Å². The van der Waals surface area contributed by atoms with Crippen LogP contribution in [-0.4, -0.2) is 34.9 Å². The highest BCUT2D eigenvalue weighted by atomic mass is 32.1. The van der Waals surface area contributed by atoms with Crippen LogP contribution in [0.4, 0.5) is 16.2 Å². The number of urea groups is 1. The van der Waals surface area contributed by atoms with Gasteiger partial charge in [-0.1, -0.05) is 30.3 Å². The molecule has 1 aliphatic heterocycles. The lowest BCUT2D eigenvalue weighted by molar-refractivity contribution is -0.127. The molecular formula is C26H31N5O2S. The summed E-state index contributed by atoms with van der Waals surface area (Å²) in [6.07, 6.45) is 1.72. The number of nitrogens with one attached hydrogen (secondary N) is 3. The monoisotopic (exact) mass is 477 g/mol. The van der Waals surface area contributed by atoms with E-state index < -0.39 is 0 Å². The lowest BCUT2D eigenvalue weighted by atomic mass is 9.95. The van der Waals surface area contributed by atoms with E-state index in [2.05, 4.69) is 31.2 Å². The number of thiazole rings is 1. The Hall–Kier alpha value is -3.23. The quantitative estimate of drug-likeness (QED) is 0.437. The van der Waals surface area contributed by atoms with Crippen LogP contribution in [0.2, 0.25) is 0 Å². The van der Waals surface area contributed by atoms with Gasteiger partial charge in [-0.15, -0.1) is 11.3 Å². The highest BCUT2D eigenvalue weighted by molar-refractivity contribution is 7.09. The van der Waals surface area contributed by atoms with Crippen LogP contribution in [0, 0.1) is 12.8 Å². The minimum atomic E-state index is -0.295. The molecule has 1 unspecified atom stereocenters. The molecule has 1 fully saturated rings. The fourth-order valence-corrected chi connectivity index (χ4v) is 4.75. The average molecular weight is 478 g/mol. The van der Waals surface area contributed by atoms with Crippen molar-refractivity contribution < 1.29 is 9.59 Å². The molecule has 0 bridgehead atoms.